The molecule has 126 valence electrons. The molecule has 4 nitrogen and oxygen atoms in total. The quantitative estimate of drug-likeness (QED) is 0.792. The molecule has 1 saturated carbocycles. The molecule has 1 heterocycles. The van der Waals surface area contributed by atoms with Gasteiger partial charge in [0.25, 0.3) is 0 Å². The highest BCUT2D eigenvalue weighted by Gasteiger charge is 2.36. The maximum absolute atomic E-state index is 12.0. The molecular formula is C18H31NO3. The Morgan fingerprint density at radius 2 is 2.00 bits per heavy atom. The minimum atomic E-state index is -0.289. The van der Waals surface area contributed by atoms with Crippen molar-refractivity contribution >= 4 is 6.09 Å². The standard InChI is InChI=1S/C18H31NO3/c1-13-10-14(2)22-16(11-13)18(3,4)12-21-17(20)19-15-8-6-5-7-9-15/h14-16H,1,5-12H2,2-4H3,(H,19,20). The number of ether oxygens (including phenoxy) is 2. The smallest absolute Gasteiger partial charge is 0.407 e. The number of rotatable bonds is 4. The third-order valence-corrected chi connectivity index (χ3v) is 4.82. The van der Waals surface area contributed by atoms with Crippen molar-refractivity contribution in [2.45, 2.75) is 84.0 Å². The molecule has 0 aromatic carbocycles. The molecule has 1 aliphatic carbocycles. The number of carbonyl (C=O) groups is 1. The van der Waals surface area contributed by atoms with E-state index in [1.807, 2.05) is 0 Å². The molecule has 1 saturated heterocycles. The van der Waals surface area contributed by atoms with Crippen LogP contribution >= 0.6 is 0 Å². The molecule has 1 amide bonds. The summed E-state index contributed by atoms with van der Waals surface area (Å²) in [6.45, 7) is 10.7. The van der Waals surface area contributed by atoms with Crippen LogP contribution in [0.4, 0.5) is 4.79 Å². The van der Waals surface area contributed by atoms with Gasteiger partial charge in [0.1, 0.15) is 6.61 Å². The summed E-state index contributed by atoms with van der Waals surface area (Å²) in [5.74, 6) is 0. The van der Waals surface area contributed by atoms with Crippen LogP contribution in [-0.4, -0.2) is 30.9 Å². The van der Waals surface area contributed by atoms with Gasteiger partial charge in [-0.25, -0.2) is 4.79 Å². The maximum atomic E-state index is 12.0. The van der Waals surface area contributed by atoms with Gasteiger partial charge in [0, 0.05) is 11.5 Å². The summed E-state index contributed by atoms with van der Waals surface area (Å²) in [7, 11) is 0. The van der Waals surface area contributed by atoms with Gasteiger partial charge in [-0.05, 0) is 32.6 Å². The highest BCUT2D eigenvalue weighted by Crippen LogP contribution is 2.34. The van der Waals surface area contributed by atoms with E-state index < -0.39 is 0 Å². The van der Waals surface area contributed by atoms with Gasteiger partial charge in [-0.2, -0.15) is 0 Å². The lowest BCUT2D eigenvalue weighted by Gasteiger charge is -2.39. The molecule has 22 heavy (non-hydrogen) atoms. The highest BCUT2D eigenvalue weighted by molar-refractivity contribution is 5.67. The van der Waals surface area contributed by atoms with Crippen molar-refractivity contribution < 1.29 is 14.3 Å². The first kappa shape index (κ1) is 17.3. The molecule has 0 aromatic rings. The van der Waals surface area contributed by atoms with Crippen LogP contribution < -0.4 is 5.32 Å². The van der Waals surface area contributed by atoms with E-state index in [0.29, 0.717) is 6.61 Å². The number of hydrogen-bond donors (Lipinski definition) is 1. The zero-order chi connectivity index (χ0) is 16.2. The summed E-state index contributed by atoms with van der Waals surface area (Å²) in [6, 6.07) is 0.287. The summed E-state index contributed by atoms with van der Waals surface area (Å²) in [5.41, 5.74) is 1.02. The summed E-state index contributed by atoms with van der Waals surface area (Å²) in [5, 5.41) is 2.99. The van der Waals surface area contributed by atoms with E-state index in [2.05, 4.69) is 32.7 Å². The molecule has 0 radical (unpaired) electrons. The van der Waals surface area contributed by atoms with Crippen molar-refractivity contribution in [2.24, 2.45) is 5.41 Å². The zero-order valence-corrected chi connectivity index (χ0v) is 14.3. The van der Waals surface area contributed by atoms with Gasteiger partial charge in [0.2, 0.25) is 0 Å². The van der Waals surface area contributed by atoms with E-state index in [4.69, 9.17) is 9.47 Å². The second-order valence-corrected chi connectivity index (χ2v) is 7.64. The number of nitrogens with one attached hydrogen (secondary N) is 1. The van der Waals surface area contributed by atoms with Crippen LogP contribution in [0.15, 0.2) is 12.2 Å². The Hall–Kier alpha value is -1.03. The number of carbonyl (C=O) groups excluding carboxylic acids is 1. The van der Waals surface area contributed by atoms with Crippen molar-refractivity contribution in [3.05, 3.63) is 12.2 Å². The predicted octanol–water partition coefficient (Wildman–Crippen LogP) is 4.20. The van der Waals surface area contributed by atoms with Crippen molar-refractivity contribution in [3.8, 4) is 0 Å². The molecule has 0 bridgehead atoms. The molecule has 1 aliphatic heterocycles. The minimum Gasteiger partial charge on any atom is -0.449 e. The van der Waals surface area contributed by atoms with Gasteiger partial charge in [0.05, 0.1) is 12.2 Å². The molecule has 2 fully saturated rings. The summed E-state index contributed by atoms with van der Waals surface area (Å²) >= 11 is 0. The second kappa shape index (κ2) is 7.49. The maximum Gasteiger partial charge on any atom is 0.407 e. The van der Waals surface area contributed by atoms with Crippen LogP contribution in [0.25, 0.3) is 0 Å². The van der Waals surface area contributed by atoms with Gasteiger partial charge >= 0.3 is 6.09 Å². The normalized spacial score (nSPS) is 27.5. The van der Waals surface area contributed by atoms with Crippen LogP contribution in [-0.2, 0) is 9.47 Å². The van der Waals surface area contributed by atoms with E-state index in [1.54, 1.807) is 0 Å². The molecule has 2 unspecified atom stereocenters. The Morgan fingerprint density at radius 1 is 1.32 bits per heavy atom. The van der Waals surface area contributed by atoms with Crippen LogP contribution in [0.1, 0.15) is 65.7 Å². The summed E-state index contributed by atoms with van der Waals surface area (Å²) in [4.78, 5) is 12.0. The van der Waals surface area contributed by atoms with Crippen molar-refractivity contribution in [3.63, 3.8) is 0 Å². The Morgan fingerprint density at radius 3 is 2.64 bits per heavy atom. The van der Waals surface area contributed by atoms with E-state index in [-0.39, 0.29) is 29.8 Å². The van der Waals surface area contributed by atoms with Gasteiger partial charge in [-0.15, -0.1) is 0 Å². The largest absolute Gasteiger partial charge is 0.449 e. The van der Waals surface area contributed by atoms with Crippen molar-refractivity contribution in [1.29, 1.82) is 0 Å². The monoisotopic (exact) mass is 309 g/mol. The van der Waals surface area contributed by atoms with E-state index in [1.165, 1.54) is 24.8 Å². The Balaban J connectivity index is 1.78. The Bertz CT molecular complexity index is 399. The third kappa shape index (κ3) is 5.01. The highest BCUT2D eigenvalue weighted by atomic mass is 16.6. The second-order valence-electron chi connectivity index (χ2n) is 7.64. The number of amides is 1. The summed E-state index contributed by atoms with van der Waals surface area (Å²) in [6.07, 6.45) is 7.57. The zero-order valence-electron chi connectivity index (χ0n) is 14.3. The molecule has 0 spiro atoms. The average Bonchev–Trinajstić information content (AvgIpc) is 2.45. The van der Waals surface area contributed by atoms with Gasteiger partial charge < -0.3 is 14.8 Å². The minimum absolute atomic E-state index is 0.0613. The van der Waals surface area contributed by atoms with E-state index in [0.717, 1.165) is 25.7 Å². The average molecular weight is 309 g/mol. The van der Waals surface area contributed by atoms with Crippen LogP contribution in [0, 0.1) is 5.41 Å². The molecule has 1 N–H and O–H groups in total. The lowest BCUT2D eigenvalue weighted by molar-refractivity contribution is -0.0962. The first-order chi connectivity index (χ1) is 10.4. The molecule has 2 atom stereocenters. The lowest BCUT2D eigenvalue weighted by Crippen LogP contribution is -2.43. The van der Waals surface area contributed by atoms with Crippen LogP contribution in [0.3, 0.4) is 0 Å². The van der Waals surface area contributed by atoms with Gasteiger partial charge in [-0.1, -0.05) is 45.3 Å². The summed E-state index contributed by atoms with van der Waals surface area (Å²) < 4.78 is 11.5. The Labute approximate surface area is 134 Å². The first-order valence-electron chi connectivity index (χ1n) is 8.62. The Kier molecular flexibility index (Phi) is 5.90. The fraction of sp³-hybridized carbons (Fsp3) is 0.833. The van der Waals surface area contributed by atoms with Crippen LogP contribution in [0.2, 0.25) is 0 Å². The van der Waals surface area contributed by atoms with E-state index >= 15 is 0 Å². The van der Waals surface area contributed by atoms with Gasteiger partial charge in [-0.3, -0.25) is 0 Å². The molecule has 0 aromatic heterocycles. The number of alkyl carbamates (subject to hydrolysis) is 1. The lowest BCUT2D eigenvalue weighted by atomic mass is 9.81. The van der Waals surface area contributed by atoms with Crippen molar-refractivity contribution in [2.75, 3.05) is 6.61 Å². The topological polar surface area (TPSA) is 47.6 Å². The molecule has 2 aliphatic rings. The first-order valence-corrected chi connectivity index (χ1v) is 8.62. The molecule has 2 rings (SSSR count). The van der Waals surface area contributed by atoms with E-state index in [9.17, 15) is 4.79 Å². The predicted molar refractivity (Wildman–Crippen MR) is 87.8 cm³/mol. The fourth-order valence-electron chi connectivity index (χ4n) is 3.39. The fourth-order valence-corrected chi connectivity index (χ4v) is 3.39. The SMILES string of the molecule is C=C1CC(C)OC(C(C)(C)COC(=O)NC2CCCCC2)C1. The molecular weight excluding hydrogens is 278 g/mol. The van der Waals surface area contributed by atoms with Gasteiger partial charge in [0.15, 0.2) is 0 Å². The van der Waals surface area contributed by atoms with Crippen molar-refractivity contribution in [1.82, 2.24) is 5.32 Å². The number of hydrogen-bond acceptors (Lipinski definition) is 3. The molecule has 4 heteroatoms. The van der Waals surface area contributed by atoms with Crippen LogP contribution in [0.5, 0.6) is 0 Å². The third-order valence-electron chi connectivity index (χ3n) is 4.82.